The van der Waals surface area contributed by atoms with E-state index in [1.807, 2.05) is 5.38 Å². The van der Waals surface area contributed by atoms with Gasteiger partial charge in [-0.3, -0.25) is 0 Å². The molecule has 0 radical (unpaired) electrons. The highest BCUT2D eigenvalue weighted by Crippen LogP contribution is 2.37. The van der Waals surface area contributed by atoms with E-state index >= 15 is 0 Å². The quantitative estimate of drug-likeness (QED) is 0.607. The molecule has 2 aromatic heterocycles. The molecule has 4 rings (SSSR count). The summed E-state index contributed by atoms with van der Waals surface area (Å²) in [5, 5.41) is 3.44. The summed E-state index contributed by atoms with van der Waals surface area (Å²) in [6.45, 7) is 3.10. The smallest absolute Gasteiger partial charge is 0.225 e. The van der Waals surface area contributed by atoms with Gasteiger partial charge in [0, 0.05) is 12.2 Å². The first-order chi connectivity index (χ1) is 10.2. The van der Waals surface area contributed by atoms with Crippen LogP contribution in [0.2, 0.25) is 5.28 Å². The Labute approximate surface area is 132 Å². The third-order valence-corrected chi connectivity index (χ3v) is 4.86. The van der Waals surface area contributed by atoms with Gasteiger partial charge in [0.25, 0.3) is 0 Å². The maximum atomic E-state index is 6.11. The van der Waals surface area contributed by atoms with Crippen LogP contribution in [-0.2, 0) is 6.42 Å². The Balaban J connectivity index is 1.92. The molecular weight excluding hydrogens is 302 g/mol. The van der Waals surface area contributed by atoms with Crippen LogP contribution in [0.15, 0.2) is 29.6 Å². The molecule has 3 nitrogen and oxygen atoms in total. The van der Waals surface area contributed by atoms with Gasteiger partial charge in [0.1, 0.15) is 10.6 Å². The fourth-order valence-electron chi connectivity index (χ4n) is 2.97. The monoisotopic (exact) mass is 315 g/mol. The second-order valence-electron chi connectivity index (χ2n) is 5.34. The van der Waals surface area contributed by atoms with Crippen LogP contribution in [0.1, 0.15) is 17.5 Å². The standard InChI is InChI=1S/C16H14ClN3S/c1-10-4-5-13-11(9-10)3-2-7-20(13)14-12-6-8-21-15(12)19-16(17)18-14/h4-6,8-9H,2-3,7H2,1H3. The molecule has 21 heavy (non-hydrogen) atoms. The van der Waals surface area contributed by atoms with Crippen LogP contribution in [0.25, 0.3) is 10.2 Å². The van der Waals surface area contributed by atoms with Gasteiger partial charge in [-0.25, -0.2) is 4.98 Å². The van der Waals surface area contributed by atoms with Crippen LogP contribution < -0.4 is 4.90 Å². The fourth-order valence-corrected chi connectivity index (χ4v) is 3.94. The predicted octanol–water partition coefficient (Wildman–Crippen LogP) is 4.74. The molecule has 1 aliphatic heterocycles. The van der Waals surface area contributed by atoms with Gasteiger partial charge in [-0.2, -0.15) is 4.98 Å². The summed E-state index contributed by atoms with van der Waals surface area (Å²) in [4.78, 5) is 12.0. The largest absolute Gasteiger partial charge is 0.325 e. The first-order valence-electron chi connectivity index (χ1n) is 7.00. The first kappa shape index (κ1) is 13.0. The predicted molar refractivity (Wildman–Crippen MR) is 88.9 cm³/mol. The van der Waals surface area contributed by atoms with E-state index in [1.165, 1.54) is 16.8 Å². The molecule has 0 aliphatic carbocycles. The zero-order valence-corrected chi connectivity index (χ0v) is 13.2. The van der Waals surface area contributed by atoms with Gasteiger partial charge in [0.2, 0.25) is 5.28 Å². The first-order valence-corrected chi connectivity index (χ1v) is 8.26. The molecule has 1 aromatic carbocycles. The lowest BCUT2D eigenvalue weighted by atomic mass is 9.99. The number of halogens is 1. The summed E-state index contributed by atoms with van der Waals surface area (Å²) in [5.74, 6) is 0.927. The normalized spacial score (nSPS) is 14.5. The van der Waals surface area contributed by atoms with Crippen LogP contribution in [0.4, 0.5) is 11.5 Å². The number of hydrogen-bond acceptors (Lipinski definition) is 4. The van der Waals surface area contributed by atoms with E-state index < -0.39 is 0 Å². The van der Waals surface area contributed by atoms with Gasteiger partial charge in [0.15, 0.2) is 0 Å². The molecule has 0 bridgehead atoms. The SMILES string of the molecule is Cc1ccc2c(c1)CCCN2c1nc(Cl)nc2sccc12. The Morgan fingerprint density at radius 1 is 1.24 bits per heavy atom. The van der Waals surface area contributed by atoms with Crippen molar-refractivity contribution in [2.24, 2.45) is 0 Å². The van der Waals surface area contributed by atoms with E-state index in [0.29, 0.717) is 5.28 Å². The minimum absolute atomic E-state index is 0.319. The van der Waals surface area contributed by atoms with Crippen molar-refractivity contribution < 1.29 is 0 Å². The Bertz CT molecular complexity index is 828. The Kier molecular flexibility index (Phi) is 3.08. The zero-order chi connectivity index (χ0) is 14.4. The van der Waals surface area contributed by atoms with Crippen LogP contribution in [0.3, 0.4) is 0 Å². The van der Waals surface area contributed by atoms with E-state index in [0.717, 1.165) is 35.4 Å². The molecule has 1 aliphatic rings. The van der Waals surface area contributed by atoms with Crippen molar-refractivity contribution >= 4 is 44.7 Å². The van der Waals surface area contributed by atoms with Crippen molar-refractivity contribution in [2.75, 3.05) is 11.4 Å². The maximum absolute atomic E-state index is 6.11. The van der Waals surface area contributed by atoms with Crippen molar-refractivity contribution in [3.8, 4) is 0 Å². The molecule has 0 fully saturated rings. The molecule has 3 heterocycles. The zero-order valence-electron chi connectivity index (χ0n) is 11.6. The maximum Gasteiger partial charge on any atom is 0.225 e. The number of hydrogen-bond donors (Lipinski definition) is 0. The topological polar surface area (TPSA) is 29.0 Å². The Morgan fingerprint density at radius 2 is 2.14 bits per heavy atom. The number of thiophene rings is 1. The lowest BCUT2D eigenvalue weighted by Crippen LogP contribution is -2.25. The summed E-state index contributed by atoms with van der Waals surface area (Å²) >= 11 is 7.71. The molecule has 0 saturated heterocycles. The number of aromatic nitrogens is 2. The number of rotatable bonds is 1. The molecule has 0 saturated carbocycles. The lowest BCUT2D eigenvalue weighted by Gasteiger charge is -2.31. The van der Waals surface area contributed by atoms with Crippen LogP contribution >= 0.6 is 22.9 Å². The average molecular weight is 316 g/mol. The van der Waals surface area contributed by atoms with Crippen molar-refractivity contribution in [3.05, 3.63) is 46.1 Å². The second kappa shape index (κ2) is 4.97. The summed E-state index contributed by atoms with van der Waals surface area (Å²) in [6.07, 6.45) is 2.25. The number of aryl methyl sites for hydroxylation is 2. The lowest BCUT2D eigenvalue weighted by molar-refractivity contribution is 0.760. The third-order valence-electron chi connectivity index (χ3n) is 3.89. The molecule has 0 spiro atoms. The van der Waals surface area contributed by atoms with Crippen molar-refractivity contribution in [1.82, 2.24) is 9.97 Å². The minimum Gasteiger partial charge on any atom is -0.325 e. The summed E-state index contributed by atoms with van der Waals surface area (Å²) in [5.41, 5.74) is 3.94. The van der Waals surface area contributed by atoms with Gasteiger partial charge in [-0.05, 0) is 54.4 Å². The van der Waals surface area contributed by atoms with E-state index in [9.17, 15) is 0 Å². The van der Waals surface area contributed by atoms with Gasteiger partial charge < -0.3 is 4.90 Å². The highest BCUT2D eigenvalue weighted by Gasteiger charge is 2.22. The summed E-state index contributed by atoms with van der Waals surface area (Å²) in [6, 6.07) is 8.70. The minimum atomic E-state index is 0.319. The van der Waals surface area contributed by atoms with Gasteiger partial charge in [-0.1, -0.05) is 17.7 Å². The molecular formula is C16H14ClN3S. The summed E-state index contributed by atoms with van der Waals surface area (Å²) in [7, 11) is 0. The molecule has 5 heteroatoms. The molecule has 106 valence electrons. The molecule has 3 aromatic rings. The Morgan fingerprint density at radius 3 is 3.05 bits per heavy atom. The molecule has 0 atom stereocenters. The van der Waals surface area contributed by atoms with Crippen molar-refractivity contribution in [3.63, 3.8) is 0 Å². The average Bonchev–Trinajstić information content (AvgIpc) is 2.93. The van der Waals surface area contributed by atoms with Gasteiger partial charge in [0.05, 0.1) is 5.39 Å². The van der Waals surface area contributed by atoms with Crippen LogP contribution in [-0.4, -0.2) is 16.5 Å². The molecule has 0 N–H and O–H groups in total. The van der Waals surface area contributed by atoms with Crippen molar-refractivity contribution in [2.45, 2.75) is 19.8 Å². The number of benzene rings is 1. The molecule has 0 unspecified atom stereocenters. The van der Waals surface area contributed by atoms with E-state index in [-0.39, 0.29) is 0 Å². The fraction of sp³-hybridized carbons (Fsp3) is 0.250. The Hall–Kier alpha value is -1.65. The van der Waals surface area contributed by atoms with Crippen LogP contribution in [0.5, 0.6) is 0 Å². The summed E-state index contributed by atoms with van der Waals surface area (Å²) < 4.78 is 0. The van der Waals surface area contributed by atoms with E-state index in [4.69, 9.17) is 11.6 Å². The second-order valence-corrected chi connectivity index (χ2v) is 6.58. The highest BCUT2D eigenvalue weighted by molar-refractivity contribution is 7.16. The van der Waals surface area contributed by atoms with Crippen LogP contribution in [0, 0.1) is 6.92 Å². The van der Waals surface area contributed by atoms with Gasteiger partial charge >= 0.3 is 0 Å². The van der Waals surface area contributed by atoms with Gasteiger partial charge in [-0.15, -0.1) is 11.3 Å². The number of anilines is 2. The van der Waals surface area contributed by atoms with E-state index in [1.54, 1.807) is 11.3 Å². The number of nitrogens with zero attached hydrogens (tertiary/aromatic N) is 3. The molecule has 0 amide bonds. The van der Waals surface area contributed by atoms with Crippen molar-refractivity contribution in [1.29, 1.82) is 0 Å². The highest BCUT2D eigenvalue weighted by atomic mass is 35.5. The number of fused-ring (bicyclic) bond motifs is 2. The van der Waals surface area contributed by atoms with E-state index in [2.05, 4.69) is 46.1 Å². The third kappa shape index (κ3) is 2.19.